The molecule has 0 aromatic carbocycles. The van der Waals surface area contributed by atoms with Crippen LogP contribution in [0.3, 0.4) is 0 Å². The van der Waals surface area contributed by atoms with Crippen molar-refractivity contribution in [3.05, 3.63) is 12.2 Å². The fraction of sp³-hybridized carbons (Fsp3) is 0.667. The average molecular weight is 228 g/mol. The molecule has 1 rings (SSSR count). The van der Waals surface area contributed by atoms with Crippen LogP contribution in [0.2, 0.25) is 0 Å². The Morgan fingerprint density at radius 3 is 3.00 bits per heavy atom. The average Bonchev–Trinajstić information content (AvgIpc) is 2.58. The molecule has 1 aromatic heterocycles. The van der Waals surface area contributed by atoms with Gasteiger partial charge in [0.25, 0.3) is 0 Å². The summed E-state index contributed by atoms with van der Waals surface area (Å²) in [6, 6.07) is 0. The predicted molar refractivity (Wildman–Crippen MR) is 55.8 cm³/mol. The summed E-state index contributed by atoms with van der Waals surface area (Å²) in [4.78, 5) is 14.3. The summed E-state index contributed by atoms with van der Waals surface area (Å²) in [7, 11) is 1.79. The Kier molecular flexibility index (Phi) is 4.87. The van der Waals surface area contributed by atoms with Gasteiger partial charge in [-0.05, 0) is 0 Å². The van der Waals surface area contributed by atoms with Crippen LogP contribution in [0.25, 0.3) is 0 Å². The van der Waals surface area contributed by atoms with Crippen molar-refractivity contribution in [3.63, 3.8) is 0 Å². The predicted octanol–water partition coefficient (Wildman–Crippen LogP) is -1.22. The van der Waals surface area contributed by atoms with Crippen LogP contribution < -0.4 is 5.32 Å². The molecule has 0 amide bonds. The fourth-order valence-electron chi connectivity index (χ4n) is 1.24. The molecule has 7 nitrogen and oxygen atoms in total. The van der Waals surface area contributed by atoms with Crippen LogP contribution in [0.15, 0.2) is 6.33 Å². The van der Waals surface area contributed by atoms with Gasteiger partial charge >= 0.3 is 5.97 Å². The van der Waals surface area contributed by atoms with Crippen LogP contribution in [0.1, 0.15) is 12.2 Å². The van der Waals surface area contributed by atoms with Crippen LogP contribution in [-0.2, 0) is 18.3 Å². The Balaban J connectivity index is 2.10. The molecular formula is C9H16N4O3. The molecule has 0 saturated carbocycles. The van der Waals surface area contributed by atoms with E-state index in [1.165, 1.54) is 0 Å². The number of carboxylic acids is 1. The minimum absolute atomic E-state index is 0.241. The SMILES string of the molecule is Cn1cnc(CCNCC(O)CC(=O)O)n1. The molecule has 1 atom stereocenters. The van der Waals surface area contributed by atoms with Gasteiger partial charge < -0.3 is 15.5 Å². The maximum absolute atomic E-state index is 10.3. The third-order valence-electron chi connectivity index (χ3n) is 1.96. The number of aliphatic carboxylic acids is 1. The number of carboxylic acid groups (broad SMARTS) is 1. The topological polar surface area (TPSA) is 100 Å². The van der Waals surface area contributed by atoms with E-state index in [1.807, 2.05) is 0 Å². The van der Waals surface area contributed by atoms with Crippen molar-refractivity contribution in [2.75, 3.05) is 13.1 Å². The summed E-state index contributed by atoms with van der Waals surface area (Å²) in [6.07, 6.45) is 1.18. The van der Waals surface area contributed by atoms with E-state index in [2.05, 4.69) is 15.4 Å². The van der Waals surface area contributed by atoms with Crippen molar-refractivity contribution in [1.82, 2.24) is 20.1 Å². The summed E-state index contributed by atoms with van der Waals surface area (Å²) in [6.45, 7) is 0.875. The highest BCUT2D eigenvalue weighted by molar-refractivity contribution is 5.67. The van der Waals surface area contributed by atoms with Crippen molar-refractivity contribution in [2.24, 2.45) is 7.05 Å². The van der Waals surface area contributed by atoms with E-state index in [9.17, 15) is 9.90 Å². The summed E-state index contributed by atoms with van der Waals surface area (Å²) >= 11 is 0. The number of carbonyl (C=O) groups is 1. The van der Waals surface area contributed by atoms with Gasteiger partial charge in [0, 0.05) is 26.6 Å². The van der Waals surface area contributed by atoms with E-state index in [4.69, 9.17) is 5.11 Å². The van der Waals surface area contributed by atoms with Crippen LogP contribution in [0.4, 0.5) is 0 Å². The molecule has 0 saturated heterocycles. The van der Waals surface area contributed by atoms with Gasteiger partial charge in [-0.3, -0.25) is 9.48 Å². The lowest BCUT2D eigenvalue weighted by atomic mass is 10.2. The van der Waals surface area contributed by atoms with E-state index >= 15 is 0 Å². The number of nitrogens with zero attached hydrogens (tertiary/aromatic N) is 3. The van der Waals surface area contributed by atoms with Gasteiger partial charge in [-0.1, -0.05) is 0 Å². The first kappa shape index (κ1) is 12.6. The van der Waals surface area contributed by atoms with Crippen molar-refractivity contribution >= 4 is 5.97 Å². The van der Waals surface area contributed by atoms with E-state index in [-0.39, 0.29) is 13.0 Å². The zero-order valence-corrected chi connectivity index (χ0v) is 9.13. The number of hydrogen-bond donors (Lipinski definition) is 3. The second-order valence-electron chi connectivity index (χ2n) is 3.54. The van der Waals surface area contributed by atoms with Crippen molar-refractivity contribution in [1.29, 1.82) is 0 Å². The molecule has 1 heterocycles. The molecule has 0 bridgehead atoms. The Morgan fingerprint density at radius 2 is 2.44 bits per heavy atom. The molecule has 1 aromatic rings. The van der Waals surface area contributed by atoms with E-state index in [1.54, 1.807) is 18.1 Å². The van der Waals surface area contributed by atoms with Gasteiger partial charge in [0.15, 0.2) is 5.82 Å². The highest BCUT2D eigenvalue weighted by Crippen LogP contribution is 1.91. The van der Waals surface area contributed by atoms with Gasteiger partial charge in [0.05, 0.1) is 12.5 Å². The third-order valence-corrected chi connectivity index (χ3v) is 1.96. The maximum atomic E-state index is 10.3. The van der Waals surface area contributed by atoms with Crippen molar-refractivity contribution in [3.8, 4) is 0 Å². The zero-order chi connectivity index (χ0) is 12.0. The molecular weight excluding hydrogens is 212 g/mol. The number of nitrogens with one attached hydrogen (secondary N) is 1. The number of aliphatic hydroxyl groups excluding tert-OH is 1. The number of aryl methyl sites for hydroxylation is 1. The summed E-state index contributed by atoms with van der Waals surface area (Å²) < 4.78 is 1.62. The minimum atomic E-state index is -0.999. The molecule has 0 aliphatic rings. The summed E-state index contributed by atoms with van der Waals surface area (Å²) in [5.74, 6) is -0.275. The number of hydrogen-bond acceptors (Lipinski definition) is 5. The summed E-state index contributed by atoms with van der Waals surface area (Å²) in [5, 5.41) is 24.7. The second kappa shape index (κ2) is 6.19. The molecule has 90 valence electrons. The molecule has 7 heteroatoms. The molecule has 0 fully saturated rings. The molecule has 0 spiro atoms. The van der Waals surface area contributed by atoms with E-state index in [0.717, 1.165) is 5.82 Å². The first-order valence-electron chi connectivity index (χ1n) is 5.03. The highest BCUT2D eigenvalue weighted by Gasteiger charge is 2.08. The molecule has 0 aliphatic heterocycles. The lowest BCUT2D eigenvalue weighted by molar-refractivity contribution is -0.139. The van der Waals surface area contributed by atoms with Gasteiger partial charge in [0.1, 0.15) is 6.33 Å². The minimum Gasteiger partial charge on any atom is -0.481 e. The maximum Gasteiger partial charge on any atom is 0.306 e. The Bertz CT molecular complexity index is 339. The first-order valence-corrected chi connectivity index (χ1v) is 5.03. The highest BCUT2D eigenvalue weighted by atomic mass is 16.4. The second-order valence-corrected chi connectivity index (χ2v) is 3.54. The normalized spacial score (nSPS) is 12.6. The standard InChI is InChI=1S/C9H16N4O3/c1-13-6-11-8(12-13)2-3-10-5-7(14)4-9(15)16/h6-7,10,14H,2-5H2,1H3,(H,15,16). The molecule has 1 unspecified atom stereocenters. The van der Waals surface area contributed by atoms with Crippen LogP contribution in [0.5, 0.6) is 0 Å². The summed E-state index contributed by atoms with van der Waals surface area (Å²) in [5.41, 5.74) is 0. The van der Waals surface area contributed by atoms with E-state index < -0.39 is 12.1 Å². The van der Waals surface area contributed by atoms with Crippen LogP contribution >= 0.6 is 0 Å². The molecule has 16 heavy (non-hydrogen) atoms. The van der Waals surface area contributed by atoms with Crippen molar-refractivity contribution in [2.45, 2.75) is 18.9 Å². The molecule has 0 aliphatic carbocycles. The Labute approximate surface area is 93.1 Å². The quantitative estimate of drug-likeness (QED) is 0.506. The first-order chi connectivity index (χ1) is 7.58. The van der Waals surface area contributed by atoms with Crippen molar-refractivity contribution < 1.29 is 15.0 Å². The van der Waals surface area contributed by atoms with Gasteiger partial charge in [-0.2, -0.15) is 5.10 Å². The molecule has 0 radical (unpaired) electrons. The van der Waals surface area contributed by atoms with Crippen LogP contribution in [0, 0.1) is 0 Å². The smallest absolute Gasteiger partial charge is 0.306 e. The van der Waals surface area contributed by atoms with Gasteiger partial charge in [0.2, 0.25) is 0 Å². The Morgan fingerprint density at radius 1 is 1.69 bits per heavy atom. The van der Waals surface area contributed by atoms with Gasteiger partial charge in [-0.25, -0.2) is 4.98 Å². The lowest BCUT2D eigenvalue weighted by Gasteiger charge is -2.08. The van der Waals surface area contributed by atoms with E-state index in [0.29, 0.717) is 13.0 Å². The van der Waals surface area contributed by atoms with Crippen LogP contribution in [-0.4, -0.2) is 50.1 Å². The monoisotopic (exact) mass is 228 g/mol. The largest absolute Gasteiger partial charge is 0.481 e. The number of rotatable bonds is 7. The number of aliphatic hydroxyl groups is 1. The number of aromatic nitrogens is 3. The van der Waals surface area contributed by atoms with Gasteiger partial charge in [-0.15, -0.1) is 0 Å². The lowest BCUT2D eigenvalue weighted by Crippen LogP contribution is -2.30. The third kappa shape index (κ3) is 4.85. The Hall–Kier alpha value is -1.47. The zero-order valence-electron chi connectivity index (χ0n) is 9.13. The molecule has 3 N–H and O–H groups in total. The fourth-order valence-corrected chi connectivity index (χ4v) is 1.24.